The first-order valence-electron chi connectivity index (χ1n) is 8.65. The Morgan fingerprint density at radius 2 is 1.88 bits per heavy atom. The van der Waals surface area contributed by atoms with E-state index in [4.69, 9.17) is 9.47 Å². The van der Waals surface area contributed by atoms with E-state index in [2.05, 4.69) is 10.4 Å². The normalized spacial score (nSPS) is 12.6. The van der Waals surface area contributed by atoms with Crippen molar-refractivity contribution in [3.05, 3.63) is 42.7 Å². The highest BCUT2D eigenvalue weighted by Gasteiger charge is 2.12. The molecule has 0 radical (unpaired) electrons. The second kappa shape index (κ2) is 9.35. The van der Waals surface area contributed by atoms with E-state index in [0.29, 0.717) is 18.0 Å². The van der Waals surface area contributed by atoms with Crippen LogP contribution in [0.1, 0.15) is 32.0 Å². The number of hydrogen-bond donors (Lipinski definition) is 2. The lowest BCUT2D eigenvalue weighted by Gasteiger charge is -2.23. The van der Waals surface area contributed by atoms with Crippen LogP contribution in [-0.2, 0) is 0 Å². The minimum atomic E-state index is -0.585. The Hall–Kier alpha value is -2.38. The van der Waals surface area contributed by atoms with Crippen LogP contribution in [0.4, 0.5) is 0 Å². The van der Waals surface area contributed by atoms with E-state index < -0.39 is 6.10 Å². The molecule has 0 aliphatic carbocycles. The van der Waals surface area contributed by atoms with E-state index in [0.717, 1.165) is 0 Å². The topological polar surface area (TPSA) is 85.6 Å². The average molecular weight is 361 g/mol. The maximum absolute atomic E-state index is 11.8. The lowest BCUT2D eigenvalue weighted by Crippen LogP contribution is -2.42. The van der Waals surface area contributed by atoms with Crippen LogP contribution in [0.15, 0.2) is 42.7 Å². The molecule has 0 aliphatic heterocycles. The van der Waals surface area contributed by atoms with Crippen molar-refractivity contribution in [1.82, 2.24) is 15.1 Å². The Morgan fingerprint density at radius 1 is 1.23 bits per heavy atom. The van der Waals surface area contributed by atoms with Crippen molar-refractivity contribution in [2.24, 2.45) is 0 Å². The van der Waals surface area contributed by atoms with E-state index in [-0.39, 0.29) is 31.1 Å². The van der Waals surface area contributed by atoms with Gasteiger partial charge in [-0.1, -0.05) is 0 Å². The third-order valence-electron chi connectivity index (χ3n) is 3.48. The molecular weight excluding hydrogens is 334 g/mol. The monoisotopic (exact) mass is 361 g/mol. The summed E-state index contributed by atoms with van der Waals surface area (Å²) >= 11 is 0. The van der Waals surface area contributed by atoms with Crippen LogP contribution < -0.4 is 14.8 Å². The summed E-state index contributed by atoms with van der Waals surface area (Å²) in [6.07, 6.45) is 2.83. The standard InChI is InChI=1S/C19H27N3O4/c1-19(2,3)20-13-15(23)14-26-17-7-5-16(6-8-17)25-12-9-18(24)22-11-4-10-21-22/h4-8,10-11,15,20,23H,9,12-14H2,1-3H3. The van der Waals surface area contributed by atoms with E-state index in [1.54, 1.807) is 42.7 Å². The number of β-amino-alcohol motifs (C(OH)–C–C–N with tert-alkyl or cyclic N) is 1. The molecule has 0 aliphatic rings. The summed E-state index contributed by atoms with van der Waals surface area (Å²) in [5.74, 6) is 1.19. The first-order valence-corrected chi connectivity index (χ1v) is 8.65. The fourth-order valence-electron chi connectivity index (χ4n) is 2.09. The zero-order valence-electron chi connectivity index (χ0n) is 15.5. The van der Waals surface area contributed by atoms with Gasteiger partial charge in [-0.2, -0.15) is 5.10 Å². The van der Waals surface area contributed by atoms with Crippen molar-refractivity contribution in [2.45, 2.75) is 38.8 Å². The van der Waals surface area contributed by atoms with Gasteiger partial charge in [0.25, 0.3) is 0 Å². The molecule has 142 valence electrons. The minimum Gasteiger partial charge on any atom is -0.493 e. The number of hydrogen-bond acceptors (Lipinski definition) is 6. The molecule has 1 atom stereocenters. The molecule has 2 rings (SSSR count). The SMILES string of the molecule is CC(C)(C)NCC(O)COc1ccc(OCCC(=O)n2cccn2)cc1. The van der Waals surface area contributed by atoms with Crippen LogP contribution in [0.2, 0.25) is 0 Å². The fourth-order valence-corrected chi connectivity index (χ4v) is 2.09. The van der Waals surface area contributed by atoms with Crippen molar-refractivity contribution < 1.29 is 19.4 Å². The number of rotatable bonds is 9. The highest BCUT2D eigenvalue weighted by atomic mass is 16.5. The zero-order chi connectivity index (χ0) is 19.0. The van der Waals surface area contributed by atoms with Gasteiger partial charge in [-0.05, 0) is 51.1 Å². The Bertz CT molecular complexity index is 663. The number of aliphatic hydroxyl groups excluding tert-OH is 1. The van der Waals surface area contributed by atoms with Crippen LogP contribution >= 0.6 is 0 Å². The van der Waals surface area contributed by atoms with Crippen molar-refractivity contribution in [3.8, 4) is 11.5 Å². The van der Waals surface area contributed by atoms with Crippen molar-refractivity contribution in [3.63, 3.8) is 0 Å². The van der Waals surface area contributed by atoms with E-state index in [9.17, 15) is 9.90 Å². The third kappa shape index (κ3) is 7.25. The van der Waals surface area contributed by atoms with E-state index in [1.807, 2.05) is 20.8 Å². The molecular formula is C19H27N3O4. The molecule has 1 aromatic heterocycles. The van der Waals surface area contributed by atoms with Gasteiger partial charge in [0.2, 0.25) is 5.91 Å². The summed E-state index contributed by atoms with van der Waals surface area (Å²) in [6, 6.07) is 8.79. The van der Waals surface area contributed by atoms with Gasteiger partial charge in [-0.25, -0.2) is 4.68 Å². The molecule has 0 spiro atoms. The molecule has 7 nitrogen and oxygen atoms in total. The minimum absolute atomic E-state index is 0.0429. The molecule has 7 heteroatoms. The third-order valence-corrected chi connectivity index (χ3v) is 3.48. The van der Waals surface area contributed by atoms with Crippen LogP contribution in [0.3, 0.4) is 0 Å². The van der Waals surface area contributed by atoms with Crippen LogP contribution in [0.5, 0.6) is 11.5 Å². The summed E-state index contributed by atoms with van der Waals surface area (Å²) in [5, 5.41) is 17.0. The number of aliphatic hydroxyl groups is 1. The predicted molar refractivity (Wildman–Crippen MR) is 98.7 cm³/mol. The molecule has 2 aromatic rings. The maximum atomic E-state index is 11.8. The molecule has 0 amide bonds. The van der Waals surface area contributed by atoms with Gasteiger partial charge in [0.05, 0.1) is 13.0 Å². The van der Waals surface area contributed by atoms with Crippen molar-refractivity contribution in [1.29, 1.82) is 0 Å². The van der Waals surface area contributed by atoms with Gasteiger partial charge in [0, 0.05) is 24.5 Å². The number of nitrogens with one attached hydrogen (secondary N) is 1. The Morgan fingerprint density at radius 3 is 2.46 bits per heavy atom. The highest BCUT2D eigenvalue weighted by molar-refractivity contribution is 5.77. The van der Waals surface area contributed by atoms with E-state index >= 15 is 0 Å². The number of nitrogens with zero attached hydrogens (tertiary/aromatic N) is 2. The molecule has 1 heterocycles. The van der Waals surface area contributed by atoms with Gasteiger partial charge in [0.1, 0.15) is 24.2 Å². The van der Waals surface area contributed by atoms with Crippen molar-refractivity contribution in [2.75, 3.05) is 19.8 Å². The van der Waals surface area contributed by atoms with Gasteiger partial charge in [0.15, 0.2) is 0 Å². The number of carbonyl (C=O) groups is 1. The predicted octanol–water partition coefficient (Wildman–Crippen LogP) is 2.12. The molecule has 26 heavy (non-hydrogen) atoms. The maximum Gasteiger partial charge on any atom is 0.250 e. The smallest absolute Gasteiger partial charge is 0.250 e. The van der Waals surface area contributed by atoms with Crippen LogP contribution in [-0.4, -0.2) is 52.2 Å². The Labute approximate surface area is 153 Å². The number of carbonyl (C=O) groups excluding carboxylic acids is 1. The number of benzene rings is 1. The van der Waals surface area contributed by atoms with Crippen LogP contribution in [0.25, 0.3) is 0 Å². The second-order valence-corrected chi connectivity index (χ2v) is 7.01. The summed E-state index contributed by atoms with van der Waals surface area (Å²) in [5.41, 5.74) is -0.0429. The molecule has 0 saturated heterocycles. The lowest BCUT2D eigenvalue weighted by molar-refractivity contribution is 0.0865. The average Bonchev–Trinajstić information content (AvgIpc) is 3.13. The lowest BCUT2D eigenvalue weighted by atomic mass is 10.1. The molecule has 0 saturated carbocycles. The highest BCUT2D eigenvalue weighted by Crippen LogP contribution is 2.18. The molecule has 0 bridgehead atoms. The van der Waals surface area contributed by atoms with Gasteiger partial charge in [-0.3, -0.25) is 4.79 Å². The summed E-state index contributed by atoms with van der Waals surface area (Å²) in [6.45, 7) is 7.08. The first kappa shape index (κ1) is 19.9. The number of ether oxygens (including phenoxy) is 2. The zero-order valence-corrected chi connectivity index (χ0v) is 15.5. The Balaban J connectivity index is 1.68. The second-order valence-electron chi connectivity index (χ2n) is 7.01. The molecule has 0 fully saturated rings. The number of aromatic nitrogens is 2. The summed E-state index contributed by atoms with van der Waals surface area (Å²) in [4.78, 5) is 11.8. The fraction of sp³-hybridized carbons (Fsp3) is 0.474. The first-order chi connectivity index (χ1) is 12.3. The largest absolute Gasteiger partial charge is 0.493 e. The van der Waals surface area contributed by atoms with Gasteiger partial charge < -0.3 is 19.9 Å². The van der Waals surface area contributed by atoms with Crippen molar-refractivity contribution >= 4 is 5.91 Å². The van der Waals surface area contributed by atoms with Gasteiger partial charge >= 0.3 is 0 Å². The Kier molecular flexibility index (Phi) is 7.17. The molecule has 1 unspecified atom stereocenters. The molecule has 1 aromatic carbocycles. The van der Waals surface area contributed by atoms with E-state index in [1.165, 1.54) is 4.68 Å². The van der Waals surface area contributed by atoms with Gasteiger partial charge in [-0.15, -0.1) is 0 Å². The van der Waals surface area contributed by atoms with Crippen LogP contribution in [0, 0.1) is 0 Å². The quantitative estimate of drug-likeness (QED) is 0.712. The molecule has 2 N–H and O–H groups in total. The summed E-state index contributed by atoms with van der Waals surface area (Å²) in [7, 11) is 0. The summed E-state index contributed by atoms with van der Waals surface area (Å²) < 4.78 is 12.4.